The molecule has 1 saturated heterocycles. The van der Waals surface area contributed by atoms with Crippen LogP contribution in [0, 0.1) is 0 Å². The van der Waals surface area contributed by atoms with E-state index in [1.165, 1.54) is 16.7 Å². The van der Waals surface area contributed by atoms with E-state index in [-0.39, 0.29) is 0 Å². The second kappa shape index (κ2) is 6.90. The Morgan fingerprint density at radius 3 is 2.52 bits per heavy atom. The van der Waals surface area contributed by atoms with Crippen molar-refractivity contribution in [3.63, 3.8) is 0 Å². The fourth-order valence-corrected chi connectivity index (χ4v) is 4.42. The lowest BCUT2D eigenvalue weighted by Crippen LogP contribution is -2.44. The third-order valence-electron chi connectivity index (χ3n) is 4.69. The van der Waals surface area contributed by atoms with E-state index >= 15 is 0 Å². The van der Waals surface area contributed by atoms with Crippen molar-refractivity contribution in [1.82, 2.24) is 15.3 Å². The molecule has 1 aliphatic rings. The number of anilines is 1. The number of hydrogen-bond acceptors (Lipinski definition) is 5. The molecule has 4 nitrogen and oxygen atoms in total. The van der Waals surface area contributed by atoms with Crippen LogP contribution in [0.4, 0.5) is 5.82 Å². The summed E-state index contributed by atoms with van der Waals surface area (Å²) >= 11 is 7.83. The zero-order valence-electron chi connectivity index (χ0n) is 14.4. The molecule has 0 bridgehead atoms. The minimum atomic E-state index is 0.324. The van der Waals surface area contributed by atoms with Crippen molar-refractivity contribution in [1.29, 1.82) is 0 Å². The molecule has 2 aromatic heterocycles. The second-order valence-electron chi connectivity index (χ2n) is 6.66. The van der Waals surface area contributed by atoms with Gasteiger partial charge in [0.15, 0.2) is 0 Å². The van der Waals surface area contributed by atoms with Crippen LogP contribution in [0.5, 0.6) is 0 Å². The molecular weight excluding hydrogens is 352 g/mol. The first-order valence-corrected chi connectivity index (χ1v) is 9.90. The summed E-state index contributed by atoms with van der Waals surface area (Å²) in [6, 6.07) is 8.83. The number of nitrogens with one attached hydrogen (secondary N) is 1. The van der Waals surface area contributed by atoms with Gasteiger partial charge in [0.2, 0.25) is 5.28 Å². The van der Waals surface area contributed by atoms with Crippen molar-refractivity contribution in [2.24, 2.45) is 0 Å². The highest BCUT2D eigenvalue weighted by Crippen LogP contribution is 2.39. The van der Waals surface area contributed by atoms with Gasteiger partial charge in [-0.15, -0.1) is 11.3 Å². The SMILES string of the molecule is CC(C)c1ccc(-c2csc3nc(Cl)nc(N4CCNCC4)c23)cc1. The standard InChI is InChI=1S/C19H21ClN4S/c1-12(2)13-3-5-14(6-4-13)15-11-25-18-16(15)17(22-19(20)23-18)24-9-7-21-8-10-24/h3-6,11-12,21H,7-10H2,1-2H3. The topological polar surface area (TPSA) is 41.1 Å². The number of hydrogen-bond donors (Lipinski definition) is 1. The summed E-state index contributed by atoms with van der Waals surface area (Å²) in [6.07, 6.45) is 0. The monoisotopic (exact) mass is 372 g/mol. The van der Waals surface area contributed by atoms with Gasteiger partial charge in [-0.1, -0.05) is 38.1 Å². The molecule has 3 aromatic rings. The Balaban J connectivity index is 1.84. The van der Waals surface area contributed by atoms with Gasteiger partial charge in [-0.25, -0.2) is 4.98 Å². The number of thiophene rings is 1. The van der Waals surface area contributed by atoms with Gasteiger partial charge in [-0.05, 0) is 28.6 Å². The van der Waals surface area contributed by atoms with Crippen LogP contribution < -0.4 is 10.2 Å². The van der Waals surface area contributed by atoms with Crippen molar-refractivity contribution in [2.75, 3.05) is 31.1 Å². The van der Waals surface area contributed by atoms with E-state index in [1.54, 1.807) is 11.3 Å². The normalized spacial score (nSPS) is 15.3. The van der Waals surface area contributed by atoms with Gasteiger partial charge in [0, 0.05) is 37.1 Å². The van der Waals surface area contributed by atoms with E-state index in [2.05, 4.69) is 63.7 Å². The van der Waals surface area contributed by atoms with Crippen molar-refractivity contribution in [3.8, 4) is 11.1 Å². The molecule has 0 atom stereocenters. The number of piperazine rings is 1. The molecule has 6 heteroatoms. The summed E-state index contributed by atoms with van der Waals surface area (Å²) in [7, 11) is 0. The third-order valence-corrected chi connectivity index (χ3v) is 5.73. The molecule has 1 N–H and O–H groups in total. The maximum Gasteiger partial charge on any atom is 0.225 e. The molecule has 3 heterocycles. The molecule has 0 unspecified atom stereocenters. The van der Waals surface area contributed by atoms with Crippen LogP contribution in [0.3, 0.4) is 0 Å². The van der Waals surface area contributed by atoms with Crippen molar-refractivity contribution in [2.45, 2.75) is 19.8 Å². The Labute approximate surface area is 156 Å². The Morgan fingerprint density at radius 1 is 1.12 bits per heavy atom. The van der Waals surface area contributed by atoms with Crippen LogP contribution in [-0.4, -0.2) is 36.1 Å². The van der Waals surface area contributed by atoms with E-state index in [4.69, 9.17) is 11.6 Å². The average Bonchev–Trinajstić information content (AvgIpc) is 3.05. The fourth-order valence-electron chi connectivity index (χ4n) is 3.26. The van der Waals surface area contributed by atoms with Crippen LogP contribution in [0.2, 0.25) is 5.28 Å². The van der Waals surface area contributed by atoms with E-state index < -0.39 is 0 Å². The lowest BCUT2D eigenvalue weighted by molar-refractivity contribution is 0.586. The molecule has 0 aliphatic carbocycles. The van der Waals surface area contributed by atoms with Crippen LogP contribution in [0.15, 0.2) is 29.6 Å². The first-order chi connectivity index (χ1) is 12.1. The largest absolute Gasteiger partial charge is 0.353 e. The Bertz CT molecular complexity index is 882. The maximum absolute atomic E-state index is 6.20. The molecule has 0 radical (unpaired) electrons. The first-order valence-electron chi connectivity index (χ1n) is 8.64. The average molecular weight is 373 g/mol. The first kappa shape index (κ1) is 16.8. The number of aromatic nitrogens is 2. The number of nitrogens with zero attached hydrogens (tertiary/aromatic N) is 3. The molecule has 25 heavy (non-hydrogen) atoms. The lowest BCUT2D eigenvalue weighted by atomic mass is 9.99. The van der Waals surface area contributed by atoms with E-state index in [0.29, 0.717) is 11.2 Å². The van der Waals surface area contributed by atoms with Gasteiger partial charge in [-0.2, -0.15) is 4.98 Å². The summed E-state index contributed by atoms with van der Waals surface area (Å²) in [5, 5.41) is 7.00. The van der Waals surface area contributed by atoms with Gasteiger partial charge in [0.1, 0.15) is 10.6 Å². The van der Waals surface area contributed by atoms with Crippen LogP contribution in [-0.2, 0) is 0 Å². The molecule has 4 rings (SSSR count). The van der Waals surface area contributed by atoms with Gasteiger partial charge in [0.25, 0.3) is 0 Å². The van der Waals surface area contributed by atoms with Gasteiger partial charge < -0.3 is 10.2 Å². The summed E-state index contributed by atoms with van der Waals surface area (Å²) in [4.78, 5) is 12.3. The van der Waals surface area contributed by atoms with Gasteiger partial charge in [0.05, 0.1) is 5.39 Å². The van der Waals surface area contributed by atoms with Crippen LogP contribution in [0.1, 0.15) is 25.3 Å². The highest BCUT2D eigenvalue weighted by Gasteiger charge is 2.20. The molecular formula is C19H21ClN4S. The minimum Gasteiger partial charge on any atom is -0.353 e. The van der Waals surface area contributed by atoms with E-state index in [0.717, 1.165) is 42.2 Å². The molecule has 130 valence electrons. The Kier molecular flexibility index (Phi) is 4.63. The van der Waals surface area contributed by atoms with E-state index in [1.807, 2.05) is 0 Å². The van der Waals surface area contributed by atoms with Crippen molar-refractivity contribution in [3.05, 3.63) is 40.5 Å². The highest BCUT2D eigenvalue weighted by molar-refractivity contribution is 7.17. The van der Waals surface area contributed by atoms with Crippen molar-refractivity contribution >= 4 is 39.0 Å². The Hall–Kier alpha value is -1.69. The van der Waals surface area contributed by atoms with E-state index in [9.17, 15) is 0 Å². The van der Waals surface area contributed by atoms with Crippen molar-refractivity contribution < 1.29 is 0 Å². The number of fused-ring (bicyclic) bond motifs is 1. The summed E-state index contributed by atoms with van der Waals surface area (Å²) in [6.45, 7) is 8.23. The molecule has 1 fully saturated rings. The lowest BCUT2D eigenvalue weighted by Gasteiger charge is -2.29. The summed E-state index contributed by atoms with van der Waals surface area (Å²) in [5.74, 6) is 1.49. The summed E-state index contributed by atoms with van der Waals surface area (Å²) in [5.41, 5.74) is 3.75. The van der Waals surface area contributed by atoms with Crippen LogP contribution in [0.25, 0.3) is 21.3 Å². The van der Waals surface area contributed by atoms with Gasteiger partial charge in [-0.3, -0.25) is 0 Å². The quantitative estimate of drug-likeness (QED) is 0.685. The zero-order valence-corrected chi connectivity index (χ0v) is 16.0. The minimum absolute atomic E-state index is 0.324. The number of rotatable bonds is 3. The fraction of sp³-hybridized carbons (Fsp3) is 0.368. The second-order valence-corrected chi connectivity index (χ2v) is 7.86. The Morgan fingerprint density at radius 2 is 1.84 bits per heavy atom. The number of halogens is 1. The zero-order chi connectivity index (χ0) is 17.4. The predicted molar refractivity (Wildman–Crippen MR) is 107 cm³/mol. The molecule has 1 aliphatic heterocycles. The third kappa shape index (κ3) is 3.24. The predicted octanol–water partition coefficient (Wildman–Crippen LogP) is 4.54. The molecule has 0 saturated carbocycles. The molecule has 0 spiro atoms. The van der Waals surface area contributed by atoms with Crippen LogP contribution >= 0.6 is 22.9 Å². The molecule has 0 amide bonds. The summed E-state index contributed by atoms with van der Waals surface area (Å²) < 4.78 is 0. The smallest absolute Gasteiger partial charge is 0.225 e. The highest BCUT2D eigenvalue weighted by atomic mass is 35.5. The number of benzene rings is 1. The van der Waals surface area contributed by atoms with Gasteiger partial charge >= 0.3 is 0 Å². The maximum atomic E-state index is 6.20. The molecule has 1 aromatic carbocycles.